The van der Waals surface area contributed by atoms with Crippen LogP contribution < -0.4 is 4.90 Å². The summed E-state index contributed by atoms with van der Waals surface area (Å²) in [5.74, 6) is 0.0913. The molecule has 0 atom stereocenters. The summed E-state index contributed by atoms with van der Waals surface area (Å²) in [6.45, 7) is 2.00. The fraction of sp³-hybridized carbons (Fsp3) is 0.231. The molecule has 1 heterocycles. The topological polar surface area (TPSA) is 33.2 Å². The maximum Gasteiger partial charge on any atom is 0.233 e. The molecular weight excluding hydrogens is 232 g/mol. The number of nitrogens with zero attached hydrogens (tertiary/aromatic N) is 2. The number of amides is 1. The number of hydrogen-bond acceptors (Lipinski definition) is 3. The standard InChI is InChI=1S/C13H14N2OS/c1-2-6-12(16)15(13-14-9-10-17-13)11-7-4-3-5-8-11/h3-5,7-10H,2,6H2,1H3. The highest BCUT2D eigenvalue weighted by molar-refractivity contribution is 7.13. The lowest BCUT2D eigenvalue weighted by Crippen LogP contribution is -2.25. The van der Waals surface area contributed by atoms with E-state index in [1.165, 1.54) is 11.3 Å². The fourth-order valence-electron chi connectivity index (χ4n) is 1.59. The number of aromatic nitrogens is 1. The van der Waals surface area contributed by atoms with Gasteiger partial charge in [0.05, 0.1) is 5.69 Å². The van der Waals surface area contributed by atoms with Crippen molar-refractivity contribution in [2.45, 2.75) is 19.8 Å². The van der Waals surface area contributed by atoms with E-state index in [-0.39, 0.29) is 5.91 Å². The van der Waals surface area contributed by atoms with Gasteiger partial charge in [-0.25, -0.2) is 4.98 Å². The Kier molecular flexibility index (Phi) is 3.88. The van der Waals surface area contributed by atoms with Gasteiger partial charge >= 0.3 is 0 Å². The Labute approximate surface area is 105 Å². The number of carbonyl (C=O) groups excluding carboxylic acids is 1. The lowest BCUT2D eigenvalue weighted by atomic mass is 10.2. The van der Waals surface area contributed by atoms with Crippen LogP contribution in [0.4, 0.5) is 10.8 Å². The van der Waals surface area contributed by atoms with Crippen LogP contribution >= 0.6 is 11.3 Å². The molecule has 0 bridgehead atoms. The summed E-state index contributed by atoms with van der Waals surface area (Å²) in [5.41, 5.74) is 0.876. The fourth-order valence-corrected chi connectivity index (χ4v) is 2.27. The third kappa shape index (κ3) is 2.71. The zero-order valence-electron chi connectivity index (χ0n) is 9.67. The van der Waals surface area contributed by atoms with E-state index < -0.39 is 0 Å². The first kappa shape index (κ1) is 11.8. The highest BCUT2D eigenvalue weighted by atomic mass is 32.1. The minimum Gasteiger partial charge on any atom is -0.274 e. The van der Waals surface area contributed by atoms with E-state index in [0.29, 0.717) is 6.42 Å². The van der Waals surface area contributed by atoms with E-state index in [1.807, 2.05) is 42.6 Å². The summed E-state index contributed by atoms with van der Waals surface area (Å²) in [5, 5.41) is 2.61. The van der Waals surface area contributed by atoms with E-state index in [2.05, 4.69) is 4.98 Å². The molecule has 17 heavy (non-hydrogen) atoms. The molecule has 0 aliphatic carbocycles. The second kappa shape index (κ2) is 5.59. The van der Waals surface area contributed by atoms with Crippen LogP contribution in [0.5, 0.6) is 0 Å². The van der Waals surface area contributed by atoms with Gasteiger partial charge < -0.3 is 0 Å². The molecule has 0 saturated heterocycles. The zero-order chi connectivity index (χ0) is 12.1. The molecule has 2 aromatic rings. The quantitative estimate of drug-likeness (QED) is 0.825. The van der Waals surface area contributed by atoms with Gasteiger partial charge in [0.25, 0.3) is 0 Å². The Morgan fingerprint density at radius 3 is 2.71 bits per heavy atom. The SMILES string of the molecule is CCCC(=O)N(c1ccccc1)c1nccs1. The van der Waals surface area contributed by atoms with Gasteiger partial charge in [-0.1, -0.05) is 25.1 Å². The predicted octanol–water partition coefficient (Wildman–Crippen LogP) is 3.61. The second-order valence-electron chi connectivity index (χ2n) is 3.63. The molecule has 1 amide bonds. The lowest BCUT2D eigenvalue weighted by molar-refractivity contribution is -0.117. The number of para-hydroxylation sites is 1. The van der Waals surface area contributed by atoms with Crippen molar-refractivity contribution in [3.05, 3.63) is 41.9 Å². The lowest BCUT2D eigenvalue weighted by Gasteiger charge is -2.19. The van der Waals surface area contributed by atoms with E-state index in [1.54, 1.807) is 11.1 Å². The van der Waals surface area contributed by atoms with Crippen molar-refractivity contribution in [1.29, 1.82) is 0 Å². The van der Waals surface area contributed by atoms with Gasteiger partial charge in [-0.15, -0.1) is 11.3 Å². The van der Waals surface area contributed by atoms with Crippen molar-refractivity contribution in [2.24, 2.45) is 0 Å². The summed E-state index contributed by atoms with van der Waals surface area (Å²) >= 11 is 1.47. The largest absolute Gasteiger partial charge is 0.274 e. The van der Waals surface area contributed by atoms with Crippen molar-refractivity contribution >= 4 is 28.1 Å². The zero-order valence-corrected chi connectivity index (χ0v) is 10.5. The molecule has 88 valence electrons. The maximum absolute atomic E-state index is 12.1. The summed E-state index contributed by atoms with van der Waals surface area (Å²) in [6, 6.07) is 9.64. The van der Waals surface area contributed by atoms with Crippen LogP contribution in [0.15, 0.2) is 41.9 Å². The number of rotatable bonds is 4. The third-order valence-corrected chi connectivity index (χ3v) is 3.09. The smallest absolute Gasteiger partial charge is 0.233 e. The summed E-state index contributed by atoms with van der Waals surface area (Å²) in [4.78, 5) is 18.0. The molecule has 0 aliphatic heterocycles. The van der Waals surface area contributed by atoms with Gasteiger partial charge in [-0.2, -0.15) is 0 Å². The van der Waals surface area contributed by atoms with Crippen LogP contribution in [0.2, 0.25) is 0 Å². The van der Waals surface area contributed by atoms with Gasteiger partial charge in [0, 0.05) is 18.0 Å². The van der Waals surface area contributed by atoms with Crippen LogP contribution in [-0.4, -0.2) is 10.9 Å². The summed E-state index contributed by atoms with van der Waals surface area (Å²) in [7, 11) is 0. The molecule has 1 aromatic heterocycles. The molecule has 0 saturated carbocycles. The number of anilines is 2. The molecule has 0 spiro atoms. The average molecular weight is 246 g/mol. The first-order valence-corrected chi connectivity index (χ1v) is 6.48. The normalized spacial score (nSPS) is 10.2. The number of carbonyl (C=O) groups is 1. The molecular formula is C13H14N2OS. The van der Waals surface area contributed by atoms with Gasteiger partial charge in [-0.05, 0) is 18.6 Å². The van der Waals surface area contributed by atoms with Crippen LogP contribution in [0.25, 0.3) is 0 Å². The monoisotopic (exact) mass is 246 g/mol. The van der Waals surface area contributed by atoms with Crippen molar-refractivity contribution in [2.75, 3.05) is 4.90 Å². The van der Waals surface area contributed by atoms with Crippen molar-refractivity contribution in [3.8, 4) is 0 Å². The van der Waals surface area contributed by atoms with Gasteiger partial charge in [0.2, 0.25) is 5.91 Å². The van der Waals surface area contributed by atoms with Gasteiger partial charge in [0.1, 0.15) is 0 Å². The van der Waals surface area contributed by atoms with E-state index in [9.17, 15) is 4.79 Å². The minimum atomic E-state index is 0.0913. The number of thiazole rings is 1. The number of hydrogen-bond donors (Lipinski definition) is 0. The minimum absolute atomic E-state index is 0.0913. The highest BCUT2D eigenvalue weighted by Crippen LogP contribution is 2.27. The second-order valence-corrected chi connectivity index (χ2v) is 4.50. The molecule has 4 heteroatoms. The molecule has 1 aromatic carbocycles. The van der Waals surface area contributed by atoms with Crippen LogP contribution in [-0.2, 0) is 4.79 Å². The molecule has 3 nitrogen and oxygen atoms in total. The Morgan fingerprint density at radius 2 is 2.12 bits per heavy atom. The molecule has 0 fully saturated rings. The van der Waals surface area contributed by atoms with Crippen molar-refractivity contribution in [3.63, 3.8) is 0 Å². The van der Waals surface area contributed by atoms with Gasteiger partial charge in [0.15, 0.2) is 5.13 Å². The molecule has 0 unspecified atom stereocenters. The Hall–Kier alpha value is -1.68. The molecule has 0 aliphatic rings. The number of benzene rings is 1. The Balaban J connectivity index is 2.35. The van der Waals surface area contributed by atoms with E-state index in [0.717, 1.165) is 17.2 Å². The molecule has 0 radical (unpaired) electrons. The van der Waals surface area contributed by atoms with Crippen LogP contribution in [0.1, 0.15) is 19.8 Å². The maximum atomic E-state index is 12.1. The predicted molar refractivity (Wildman–Crippen MR) is 70.6 cm³/mol. The third-order valence-electron chi connectivity index (χ3n) is 2.34. The highest BCUT2D eigenvalue weighted by Gasteiger charge is 2.18. The summed E-state index contributed by atoms with van der Waals surface area (Å²) < 4.78 is 0. The average Bonchev–Trinajstić information content (AvgIpc) is 2.85. The molecule has 0 N–H and O–H groups in total. The molecule has 2 rings (SSSR count). The first-order valence-electron chi connectivity index (χ1n) is 5.60. The van der Waals surface area contributed by atoms with Crippen LogP contribution in [0, 0.1) is 0 Å². The van der Waals surface area contributed by atoms with E-state index in [4.69, 9.17) is 0 Å². The first-order chi connectivity index (χ1) is 8.33. The van der Waals surface area contributed by atoms with Crippen LogP contribution in [0.3, 0.4) is 0 Å². The Bertz CT molecular complexity index is 467. The summed E-state index contributed by atoms with van der Waals surface area (Å²) in [6.07, 6.45) is 3.09. The van der Waals surface area contributed by atoms with Gasteiger partial charge in [-0.3, -0.25) is 9.69 Å². The van der Waals surface area contributed by atoms with Crippen molar-refractivity contribution < 1.29 is 4.79 Å². The van der Waals surface area contributed by atoms with E-state index >= 15 is 0 Å². The van der Waals surface area contributed by atoms with Crippen molar-refractivity contribution in [1.82, 2.24) is 4.98 Å². The Morgan fingerprint density at radius 1 is 1.35 bits per heavy atom.